The monoisotopic (exact) mass is 291 g/mol. The fourth-order valence-electron chi connectivity index (χ4n) is 1.49. The van der Waals surface area contributed by atoms with Gasteiger partial charge in [0.25, 0.3) is 0 Å². The normalized spacial score (nSPS) is 18.0. The molecule has 1 aromatic heterocycles. The topological polar surface area (TPSA) is 87.1 Å². The highest BCUT2D eigenvalue weighted by Crippen LogP contribution is 2.22. The molecule has 0 aromatic carbocycles. The van der Waals surface area contributed by atoms with Crippen molar-refractivity contribution in [2.24, 2.45) is 10.7 Å². The van der Waals surface area contributed by atoms with E-state index in [-0.39, 0.29) is 5.50 Å². The number of thioether (sulfide) groups is 2. The highest BCUT2D eigenvalue weighted by atomic mass is 32.2. The average molecular weight is 291 g/mol. The van der Waals surface area contributed by atoms with Gasteiger partial charge in [-0.2, -0.15) is 5.26 Å². The zero-order chi connectivity index (χ0) is 13.7. The molecule has 2 heterocycles. The quantitative estimate of drug-likeness (QED) is 0.877. The largest absolute Gasteiger partial charge is 0.384 e. The molecular formula is C12H13N5S2. The number of pyridine rings is 1. The fraction of sp³-hybridized carbons (Fsp3) is 0.250. The molecule has 3 N–H and O–H groups in total. The van der Waals surface area contributed by atoms with Crippen molar-refractivity contribution >= 4 is 29.4 Å². The standard InChI is InChI=1S/C12H13N5S2/c1-18-11-5-10(14)16-12(17-11)19-7-9-4-8(6-13)2-3-15-9/h2-5,12,17H,7H2,1H3,(H2,14,16). The molecule has 1 aromatic rings. The highest BCUT2D eigenvalue weighted by Gasteiger charge is 2.14. The summed E-state index contributed by atoms with van der Waals surface area (Å²) in [4.78, 5) is 8.53. The Morgan fingerprint density at radius 1 is 1.58 bits per heavy atom. The Morgan fingerprint density at radius 2 is 2.42 bits per heavy atom. The summed E-state index contributed by atoms with van der Waals surface area (Å²) in [5.41, 5.74) is 7.12. The molecule has 2 rings (SSSR count). The lowest BCUT2D eigenvalue weighted by Gasteiger charge is -2.20. The number of hydrogen-bond acceptors (Lipinski definition) is 7. The van der Waals surface area contributed by atoms with Crippen molar-refractivity contribution in [2.45, 2.75) is 11.3 Å². The molecule has 19 heavy (non-hydrogen) atoms. The molecule has 0 bridgehead atoms. The molecule has 0 fully saturated rings. The lowest BCUT2D eigenvalue weighted by atomic mass is 10.2. The van der Waals surface area contributed by atoms with E-state index in [9.17, 15) is 0 Å². The molecule has 0 saturated heterocycles. The minimum atomic E-state index is -0.111. The Labute approximate surface area is 120 Å². The number of amidine groups is 1. The first-order valence-corrected chi connectivity index (χ1v) is 7.81. The molecule has 5 nitrogen and oxygen atoms in total. The highest BCUT2D eigenvalue weighted by molar-refractivity contribution is 8.02. The molecule has 1 aliphatic heterocycles. The summed E-state index contributed by atoms with van der Waals surface area (Å²) in [6, 6.07) is 5.58. The fourth-order valence-corrected chi connectivity index (χ4v) is 2.93. The van der Waals surface area contributed by atoms with Gasteiger partial charge in [0.1, 0.15) is 5.84 Å². The minimum Gasteiger partial charge on any atom is -0.384 e. The number of rotatable bonds is 4. The van der Waals surface area contributed by atoms with E-state index in [0.717, 1.165) is 10.7 Å². The van der Waals surface area contributed by atoms with Crippen LogP contribution in [0.4, 0.5) is 0 Å². The van der Waals surface area contributed by atoms with Crippen LogP contribution in [0.3, 0.4) is 0 Å². The molecule has 0 radical (unpaired) electrons. The van der Waals surface area contributed by atoms with Crippen LogP contribution >= 0.6 is 23.5 Å². The summed E-state index contributed by atoms with van der Waals surface area (Å²) < 4.78 is 0. The number of nitrogens with zero attached hydrogens (tertiary/aromatic N) is 3. The Hall–Kier alpha value is -1.65. The summed E-state index contributed by atoms with van der Waals surface area (Å²) in [5, 5.41) is 13.1. The van der Waals surface area contributed by atoms with Crippen molar-refractivity contribution < 1.29 is 0 Å². The van der Waals surface area contributed by atoms with E-state index in [1.807, 2.05) is 12.3 Å². The van der Waals surface area contributed by atoms with E-state index < -0.39 is 0 Å². The van der Waals surface area contributed by atoms with Gasteiger partial charge in [-0.05, 0) is 18.4 Å². The molecule has 0 aliphatic carbocycles. The van der Waals surface area contributed by atoms with E-state index >= 15 is 0 Å². The summed E-state index contributed by atoms with van der Waals surface area (Å²) in [7, 11) is 0. The Kier molecular flexibility index (Phi) is 4.71. The van der Waals surface area contributed by atoms with Gasteiger partial charge in [-0.25, -0.2) is 4.99 Å². The smallest absolute Gasteiger partial charge is 0.169 e. The van der Waals surface area contributed by atoms with Crippen molar-refractivity contribution in [3.8, 4) is 6.07 Å². The van der Waals surface area contributed by atoms with Gasteiger partial charge in [-0.15, -0.1) is 23.5 Å². The van der Waals surface area contributed by atoms with E-state index in [1.165, 1.54) is 0 Å². The van der Waals surface area contributed by atoms with Crippen LogP contribution in [0.15, 0.2) is 34.4 Å². The van der Waals surface area contributed by atoms with Crippen molar-refractivity contribution in [3.05, 3.63) is 40.7 Å². The van der Waals surface area contributed by atoms with Crippen LogP contribution in [0.1, 0.15) is 11.3 Å². The maximum Gasteiger partial charge on any atom is 0.169 e. The average Bonchev–Trinajstić information content (AvgIpc) is 2.44. The Bertz CT molecular complexity index is 561. The van der Waals surface area contributed by atoms with Crippen molar-refractivity contribution in [3.63, 3.8) is 0 Å². The molecule has 0 amide bonds. The summed E-state index contributed by atoms with van der Waals surface area (Å²) in [5.74, 6) is 1.20. The zero-order valence-electron chi connectivity index (χ0n) is 10.3. The lowest BCUT2D eigenvalue weighted by molar-refractivity contribution is 0.797. The number of hydrogen-bond donors (Lipinski definition) is 2. The van der Waals surface area contributed by atoms with Gasteiger partial charge in [-0.3, -0.25) is 4.98 Å². The zero-order valence-corrected chi connectivity index (χ0v) is 12.0. The number of nitriles is 1. The van der Waals surface area contributed by atoms with Gasteiger partial charge in [0.05, 0.1) is 22.4 Å². The number of nitrogens with one attached hydrogen (secondary N) is 1. The first-order chi connectivity index (χ1) is 9.21. The first-order valence-electron chi connectivity index (χ1n) is 5.53. The van der Waals surface area contributed by atoms with E-state index in [1.54, 1.807) is 41.9 Å². The molecule has 0 saturated carbocycles. The summed E-state index contributed by atoms with van der Waals surface area (Å²) >= 11 is 3.19. The molecule has 1 atom stereocenters. The van der Waals surface area contributed by atoms with Gasteiger partial charge in [-0.1, -0.05) is 0 Å². The van der Waals surface area contributed by atoms with Gasteiger partial charge >= 0.3 is 0 Å². The third kappa shape index (κ3) is 3.91. The van der Waals surface area contributed by atoms with Crippen LogP contribution < -0.4 is 11.1 Å². The number of aromatic nitrogens is 1. The molecule has 7 heteroatoms. The predicted octanol–water partition coefficient (Wildman–Crippen LogP) is 1.63. The van der Waals surface area contributed by atoms with Crippen LogP contribution in [0.25, 0.3) is 0 Å². The third-order valence-corrected chi connectivity index (χ3v) is 4.04. The van der Waals surface area contributed by atoms with Gasteiger partial charge in [0.2, 0.25) is 0 Å². The summed E-state index contributed by atoms with van der Waals surface area (Å²) in [6.45, 7) is 0. The summed E-state index contributed by atoms with van der Waals surface area (Å²) in [6.07, 6.45) is 5.45. The second-order valence-corrected chi connectivity index (χ2v) is 5.64. The van der Waals surface area contributed by atoms with E-state index in [4.69, 9.17) is 11.0 Å². The second kappa shape index (κ2) is 6.50. The first kappa shape index (κ1) is 13.8. The Morgan fingerprint density at radius 3 is 3.16 bits per heavy atom. The molecule has 1 unspecified atom stereocenters. The lowest BCUT2D eigenvalue weighted by Crippen LogP contribution is -2.30. The van der Waals surface area contributed by atoms with Crippen LogP contribution in [0.5, 0.6) is 0 Å². The van der Waals surface area contributed by atoms with Crippen molar-refractivity contribution in [2.75, 3.05) is 6.26 Å². The number of nitrogens with two attached hydrogens (primary N) is 1. The van der Waals surface area contributed by atoms with Gasteiger partial charge < -0.3 is 11.1 Å². The van der Waals surface area contributed by atoms with Crippen LogP contribution in [-0.4, -0.2) is 22.6 Å². The maximum atomic E-state index is 8.83. The van der Waals surface area contributed by atoms with Crippen molar-refractivity contribution in [1.29, 1.82) is 5.26 Å². The van der Waals surface area contributed by atoms with Gasteiger partial charge in [0, 0.05) is 18.0 Å². The number of aliphatic imine (C=N–C) groups is 1. The third-order valence-electron chi connectivity index (χ3n) is 2.37. The Balaban J connectivity index is 1.96. The van der Waals surface area contributed by atoms with Gasteiger partial charge in [0.15, 0.2) is 5.50 Å². The van der Waals surface area contributed by atoms with Crippen LogP contribution in [-0.2, 0) is 5.75 Å². The predicted molar refractivity (Wildman–Crippen MR) is 80.4 cm³/mol. The molecule has 98 valence electrons. The minimum absolute atomic E-state index is 0.111. The second-order valence-electron chi connectivity index (χ2n) is 3.72. The van der Waals surface area contributed by atoms with E-state index in [2.05, 4.69) is 21.4 Å². The van der Waals surface area contributed by atoms with Crippen LogP contribution in [0, 0.1) is 11.3 Å². The van der Waals surface area contributed by atoms with E-state index in [0.29, 0.717) is 17.2 Å². The molecular weight excluding hydrogens is 278 g/mol. The SMILES string of the molecule is CSC1=CC(N)=NC(SCc2cc(C#N)ccn2)N1. The molecule has 1 aliphatic rings. The van der Waals surface area contributed by atoms with Crippen LogP contribution in [0.2, 0.25) is 0 Å². The molecule has 0 spiro atoms. The maximum absolute atomic E-state index is 8.83. The van der Waals surface area contributed by atoms with Crippen molar-refractivity contribution in [1.82, 2.24) is 10.3 Å².